The first-order valence-corrected chi connectivity index (χ1v) is 10.6. The number of aryl methyl sites for hydroxylation is 1. The Balaban J connectivity index is 2.04. The Morgan fingerprint density at radius 1 is 1.14 bits per heavy atom. The van der Waals surface area contributed by atoms with Gasteiger partial charge in [0.2, 0.25) is 10.0 Å². The quantitative estimate of drug-likeness (QED) is 0.578. The van der Waals surface area contributed by atoms with Gasteiger partial charge in [0.15, 0.2) is 0 Å². The molecule has 0 fully saturated rings. The van der Waals surface area contributed by atoms with E-state index in [2.05, 4.69) is 25.6 Å². The third-order valence-corrected chi connectivity index (χ3v) is 6.29. The van der Waals surface area contributed by atoms with E-state index in [0.717, 1.165) is 0 Å². The fourth-order valence-corrected chi connectivity index (χ4v) is 4.68. The number of sulfonamides is 1. The number of imidazole rings is 1. The van der Waals surface area contributed by atoms with Crippen LogP contribution >= 0.6 is 15.9 Å². The molecule has 0 aliphatic carbocycles. The summed E-state index contributed by atoms with van der Waals surface area (Å²) in [5, 5.41) is 0. The summed E-state index contributed by atoms with van der Waals surface area (Å²) in [6, 6.07) is 11.1. The standard InChI is InChI=1S/C19H20BrN3O4S/c1-23-10-9-21-19(23)18(13-5-4-6-14(11-13)26-2)22-28(24,25)15-7-8-17(27-3)16(20)12-15/h4-12,18,22H,1-3H3. The number of nitrogens with one attached hydrogen (secondary N) is 1. The lowest BCUT2D eigenvalue weighted by atomic mass is 10.1. The van der Waals surface area contributed by atoms with Crippen molar-refractivity contribution in [1.29, 1.82) is 0 Å². The van der Waals surface area contributed by atoms with Crippen LogP contribution in [-0.4, -0.2) is 32.2 Å². The van der Waals surface area contributed by atoms with Crippen molar-refractivity contribution in [3.05, 3.63) is 70.7 Å². The van der Waals surface area contributed by atoms with E-state index >= 15 is 0 Å². The second kappa shape index (κ2) is 8.34. The second-order valence-corrected chi connectivity index (χ2v) is 8.59. The smallest absolute Gasteiger partial charge is 0.241 e. The van der Waals surface area contributed by atoms with E-state index < -0.39 is 16.1 Å². The van der Waals surface area contributed by atoms with Gasteiger partial charge in [-0.3, -0.25) is 0 Å². The summed E-state index contributed by atoms with van der Waals surface area (Å²) in [6.45, 7) is 0. The third kappa shape index (κ3) is 4.21. The van der Waals surface area contributed by atoms with E-state index in [9.17, 15) is 8.42 Å². The molecule has 1 aromatic heterocycles. The Labute approximate surface area is 172 Å². The van der Waals surface area contributed by atoms with E-state index in [1.54, 1.807) is 42.3 Å². The zero-order valence-electron chi connectivity index (χ0n) is 15.6. The molecule has 0 saturated carbocycles. The molecule has 7 nitrogen and oxygen atoms in total. The molecular formula is C19H20BrN3O4S. The average molecular weight is 466 g/mol. The van der Waals surface area contributed by atoms with Crippen LogP contribution in [0.5, 0.6) is 11.5 Å². The van der Waals surface area contributed by atoms with Crippen molar-refractivity contribution in [2.24, 2.45) is 7.05 Å². The number of rotatable bonds is 7. The Morgan fingerprint density at radius 3 is 2.54 bits per heavy atom. The summed E-state index contributed by atoms with van der Waals surface area (Å²) in [7, 11) is 1.05. The summed E-state index contributed by atoms with van der Waals surface area (Å²) >= 11 is 3.33. The van der Waals surface area contributed by atoms with Crippen molar-refractivity contribution in [3.8, 4) is 11.5 Å². The van der Waals surface area contributed by atoms with Crippen LogP contribution in [-0.2, 0) is 17.1 Å². The number of hydrogen-bond acceptors (Lipinski definition) is 5. The fourth-order valence-electron chi connectivity index (χ4n) is 2.78. The number of nitrogens with zero attached hydrogens (tertiary/aromatic N) is 2. The molecule has 0 amide bonds. The number of ether oxygens (including phenoxy) is 2. The normalized spacial score (nSPS) is 12.6. The van der Waals surface area contributed by atoms with Gasteiger partial charge in [0.25, 0.3) is 0 Å². The van der Waals surface area contributed by atoms with Gasteiger partial charge in [0.05, 0.1) is 23.6 Å². The van der Waals surface area contributed by atoms with E-state index in [4.69, 9.17) is 9.47 Å². The summed E-state index contributed by atoms with van der Waals surface area (Å²) < 4.78 is 41.7. The van der Waals surface area contributed by atoms with Crippen LogP contribution in [0.1, 0.15) is 17.4 Å². The van der Waals surface area contributed by atoms with Gasteiger partial charge in [-0.05, 0) is 51.8 Å². The summed E-state index contributed by atoms with van der Waals surface area (Å²) in [5.41, 5.74) is 0.713. The van der Waals surface area contributed by atoms with Gasteiger partial charge >= 0.3 is 0 Å². The number of hydrogen-bond donors (Lipinski definition) is 1. The molecule has 1 unspecified atom stereocenters. The van der Waals surface area contributed by atoms with Crippen LogP contribution in [0.25, 0.3) is 0 Å². The molecule has 9 heteroatoms. The van der Waals surface area contributed by atoms with Gasteiger partial charge in [-0.1, -0.05) is 12.1 Å². The Bertz CT molecular complexity index is 1080. The van der Waals surface area contributed by atoms with E-state index in [1.807, 2.05) is 19.2 Å². The number of aromatic nitrogens is 2. The molecule has 2 aromatic carbocycles. The molecule has 0 radical (unpaired) electrons. The lowest BCUT2D eigenvalue weighted by Crippen LogP contribution is -2.31. The average Bonchev–Trinajstić information content (AvgIpc) is 3.11. The molecule has 1 atom stereocenters. The highest BCUT2D eigenvalue weighted by Crippen LogP contribution is 2.30. The fraction of sp³-hybridized carbons (Fsp3) is 0.211. The molecular weight excluding hydrogens is 446 g/mol. The molecule has 1 heterocycles. The highest BCUT2D eigenvalue weighted by molar-refractivity contribution is 9.10. The zero-order valence-corrected chi connectivity index (χ0v) is 18.0. The minimum absolute atomic E-state index is 0.113. The maximum Gasteiger partial charge on any atom is 0.241 e. The predicted octanol–water partition coefficient (Wildman–Crippen LogP) is 3.27. The predicted molar refractivity (Wildman–Crippen MR) is 109 cm³/mol. The van der Waals surface area contributed by atoms with Crippen molar-refractivity contribution < 1.29 is 17.9 Å². The van der Waals surface area contributed by atoms with Gasteiger partial charge < -0.3 is 14.0 Å². The molecule has 0 aliphatic rings. The Kier molecular flexibility index (Phi) is 6.07. The molecule has 0 saturated heterocycles. The largest absolute Gasteiger partial charge is 0.497 e. The van der Waals surface area contributed by atoms with E-state index in [-0.39, 0.29) is 4.90 Å². The van der Waals surface area contributed by atoms with Crippen molar-refractivity contribution in [2.75, 3.05) is 14.2 Å². The van der Waals surface area contributed by atoms with Gasteiger partial charge in [-0.25, -0.2) is 13.4 Å². The first-order valence-electron chi connectivity index (χ1n) is 8.32. The van der Waals surface area contributed by atoms with Crippen molar-refractivity contribution >= 4 is 26.0 Å². The summed E-state index contributed by atoms with van der Waals surface area (Å²) in [5.74, 6) is 1.74. The van der Waals surface area contributed by atoms with Crippen LogP contribution in [0, 0.1) is 0 Å². The highest BCUT2D eigenvalue weighted by Gasteiger charge is 2.26. The molecule has 3 aromatic rings. The second-order valence-electron chi connectivity index (χ2n) is 6.02. The van der Waals surface area contributed by atoms with Crippen LogP contribution in [0.15, 0.2) is 64.2 Å². The topological polar surface area (TPSA) is 82.4 Å². The third-order valence-electron chi connectivity index (χ3n) is 4.25. The van der Waals surface area contributed by atoms with Crippen molar-refractivity contribution in [3.63, 3.8) is 0 Å². The maximum absolute atomic E-state index is 13.1. The maximum atomic E-state index is 13.1. The first-order chi connectivity index (χ1) is 13.4. The first kappa shape index (κ1) is 20.4. The van der Waals surface area contributed by atoms with Gasteiger partial charge in [-0.15, -0.1) is 0 Å². The molecule has 3 rings (SSSR count). The minimum Gasteiger partial charge on any atom is -0.497 e. The molecule has 1 N–H and O–H groups in total. The van der Waals surface area contributed by atoms with Crippen LogP contribution < -0.4 is 14.2 Å². The lowest BCUT2D eigenvalue weighted by Gasteiger charge is -2.20. The summed E-state index contributed by atoms with van der Waals surface area (Å²) in [4.78, 5) is 4.45. The van der Waals surface area contributed by atoms with Gasteiger partial charge in [0.1, 0.15) is 23.4 Å². The molecule has 28 heavy (non-hydrogen) atoms. The highest BCUT2D eigenvalue weighted by atomic mass is 79.9. The Morgan fingerprint density at radius 2 is 1.93 bits per heavy atom. The molecule has 0 bridgehead atoms. The number of benzene rings is 2. The SMILES string of the molecule is COc1cccc(C(NS(=O)(=O)c2ccc(OC)c(Br)c2)c2nccn2C)c1. The van der Waals surface area contributed by atoms with Gasteiger partial charge in [0, 0.05) is 19.4 Å². The van der Waals surface area contributed by atoms with E-state index in [0.29, 0.717) is 27.4 Å². The molecule has 148 valence electrons. The van der Waals surface area contributed by atoms with Crippen LogP contribution in [0.3, 0.4) is 0 Å². The van der Waals surface area contributed by atoms with E-state index in [1.165, 1.54) is 19.2 Å². The summed E-state index contributed by atoms with van der Waals surface area (Å²) in [6.07, 6.45) is 3.39. The van der Waals surface area contributed by atoms with Crippen molar-refractivity contribution in [2.45, 2.75) is 10.9 Å². The van der Waals surface area contributed by atoms with Gasteiger partial charge in [-0.2, -0.15) is 4.72 Å². The van der Waals surface area contributed by atoms with Crippen LogP contribution in [0.2, 0.25) is 0 Å². The molecule has 0 spiro atoms. The number of halogens is 1. The molecule has 0 aliphatic heterocycles. The Hall–Kier alpha value is -2.36. The zero-order chi connectivity index (χ0) is 20.3. The lowest BCUT2D eigenvalue weighted by molar-refractivity contribution is 0.411. The number of methoxy groups -OCH3 is 2. The minimum atomic E-state index is -3.85. The van der Waals surface area contributed by atoms with Crippen molar-refractivity contribution in [1.82, 2.24) is 14.3 Å². The van der Waals surface area contributed by atoms with Crippen LogP contribution in [0.4, 0.5) is 0 Å². The monoisotopic (exact) mass is 465 g/mol.